The van der Waals surface area contributed by atoms with Crippen molar-refractivity contribution in [3.8, 4) is 0 Å². The van der Waals surface area contributed by atoms with Gasteiger partial charge in [-0.3, -0.25) is 19.9 Å². The highest BCUT2D eigenvalue weighted by molar-refractivity contribution is 5.99. The van der Waals surface area contributed by atoms with Crippen molar-refractivity contribution < 1.29 is 19.2 Å². The first-order chi connectivity index (χ1) is 13.0. The number of carbonyl (C=O) groups excluding carboxylic acids is 2. The second-order valence-electron chi connectivity index (χ2n) is 6.16. The van der Waals surface area contributed by atoms with Crippen LogP contribution < -0.4 is 0 Å². The lowest BCUT2D eigenvalue weighted by atomic mass is 10.1. The van der Waals surface area contributed by atoms with Crippen LogP contribution in [0.4, 0.5) is 5.69 Å². The number of carbonyl (C=O) groups is 2. The lowest BCUT2D eigenvalue weighted by molar-refractivity contribution is -0.384. The highest BCUT2D eigenvalue weighted by Crippen LogP contribution is 2.32. The summed E-state index contributed by atoms with van der Waals surface area (Å²) < 4.78 is 4.92. The van der Waals surface area contributed by atoms with Crippen molar-refractivity contribution in [1.29, 1.82) is 0 Å². The molecule has 1 atom stereocenters. The molecule has 27 heavy (non-hydrogen) atoms. The first-order valence-electron chi connectivity index (χ1n) is 8.69. The number of nitro benzene ring substituents is 1. The van der Waals surface area contributed by atoms with Crippen LogP contribution in [0.3, 0.4) is 0 Å². The van der Waals surface area contributed by atoms with Crippen molar-refractivity contribution in [1.82, 2.24) is 9.88 Å². The molecule has 1 amide bonds. The van der Waals surface area contributed by atoms with Crippen molar-refractivity contribution in [3.63, 3.8) is 0 Å². The average molecular weight is 369 g/mol. The van der Waals surface area contributed by atoms with E-state index in [1.807, 2.05) is 12.1 Å². The molecule has 2 heterocycles. The number of pyridine rings is 1. The van der Waals surface area contributed by atoms with Gasteiger partial charge >= 0.3 is 5.97 Å². The maximum atomic E-state index is 13.1. The number of aromatic nitrogens is 1. The first-order valence-corrected chi connectivity index (χ1v) is 8.69. The molecule has 0 saturated carbocycles. The van der Waals surface area contributed by atoms with E-state index in [1.54, 1.807) is 24.1 Å². The van der Waals surface area contributed by atoms with Gasteiger partial charge in [0.1, 0.15) is 0 Å². The number of non-ortho nitro benzene ring substituents is 1. The second-order valence-corrected chi connectivity index (χ2v) is 6.16. The van der Waals surface area contributed by atoms with Gasteiger partial charge in [0.05, 0.1) is 28.8 Å². The molecule has 1 saturated heterocycles. The number of rotatable bonds is 5. The third-order valence-electron chi connectivity index (χ3n) is 4.43. The number of hydrogen-bond acceptors (Lipinski definition) is 6. The summed E-state index contributed by atoms with van der Waals surface area (Å²) in [6.07, 6.45) is 3.25. The Bertz CT molecular complexity index is 869. The Morgan fingerprint density at radius 3 is 2.74 bits per heavy atom. The van der Waals surface area contributed by atoms with E-state index in [9.17, 15) is 19.7 Å². The van der Waals surface area contributed by atoms with Crippen LogP contribution in [0.15, 0.2) is 42.6 Å². The Balaban J connectivity index is 1.95. The van der Waals surface area contributed by atoms with Crippen molar-refractivity contribution >= 4 is 17.6 Å². The van der Waals surface area contributed by atoms with Gasteiger partial charge in [-0.25, -0.2) is 4.79 Å². The van der Waals surface area contributed by atoms with E-state index >= 15 is 0 Å². The van der Waals surface area contributed by atoms with Crippen molar-refractivity contribution in [2.45, 2.75) is 25.8 Å². The molecule has 1 aromatic heterocycles. The molecule has 1 fully saturated rings. The number of amides is 1. The van der Waals surface area contributed by atoms with Gasteiger partial charge < -0.3 is 9.64 Å². The summed E-state index contributed by atoms with van der Waals surface area (Å²) in [5.74, 6) is -1.06. The van der Waals surface area contributed by atoms with Crippen LogP contribution in [0.5, 0.6) is 0 Å². The first kappa shape index (κ1) is 18.5. The Morgan fingerprint density at radius 2 is 2.07 bits per heavy atom. The zero-order valence-corrected chi connectivity index (χ0v) is 14.8. The molecule has 0 aliphatic carbocycles. The van der Waals surface area contributed by atoms with Gasteiger partial charge in [0.15, 0.2) is 0 Å². The predicted octanol–water partition coefficient (Wildman–Crippen LogP) is 3.14. The molecule has 0 N–H and O–H groups in total. The van der Waals surface area contributed by atoms with Crippen molar-refractivity contribution in [2.24, 2.45) is 0 Å². The molecular weight excluding hydrogens is 350 g/mol. The molecule has 1 aliphatic heterocycles. The van der Waals surface area contributed by atoms with Crippen LogP contribution in [-0.2, 0) is 4.74 Å². The fourth-order valence-electron chi connectivity index (χ4n) is 3.23. The largest absolute Gasteiger partial charge is 0.462 e. The quantitative estimate of drug-likeness (QED) is 0.456. The van der Waals surface area contributed by atoms with E-state index in [-0.39, 0.29) is 35.4 Å². The summed E-state index contributed by atoms with van der Waals surface area (Å²) in [5, 5.41) is 11.2. The number of nitrogens with zero attached hydrogens (tertiary/aromatic N) is 3. The molecule has 0 bridgehead atoms. The number of hydrogen-bond donors (Lipinski definition) is 0. The van der Waals surface area contributed by atoms with Gasteiger partial charge in [0.25, 0.3) is 11.6 Å². The summed E-state index contributed by atoms with van der Waals surface area (Å²) in [5.41, 5.74) is 0.537. The molecule has 3 rings (SSSR count). The molecule has 8 heteroatoms. The summed E-state index contributed by atoms with van der Waals surface area (Å²) >= 11 is 0. The van der Waals surface area contributed by atoms with Gasteiger partial charge in [-0.2, -0.15) is 0 Å². The van der Waals surface area contributed by atoms with Crippen molar-refractivity contribution in [3.05, 3.63) is 69.5 Å². The normalized spacial score (nSPS) is 16.2. The van der Waals surface area contributed by atoms with Crippen LogP contribution in [0, 0.1) is 10.1 Å². The summed E-state index contributed by atoms with van der Waals surface area (Å²) in [6.45, 7) is 2.30. The molecule has 1 aromatic carbocycles. The van der Waals surface area contributed by atoms with Crippen LogP contribution >= 0.6 is 0 Å². The lowest BCUT2D eigenvalue weighted by Crippen LogP contribution is -2.31. The standard InChI is InChI=1S/C19H19N3O5/c1-2-27-19(24)14-10-13(11-15(12-14)22(25)26)18(23)21-9-5-7-17(21)16-6-3-4-8-20-16/h3-4,6,8,10-12,17H,2,5,7,9H2,1H3/t17-/m0/s1. The van der Waals surface area contributed by atoms with E-state index in [4.69, 9.17) is 4.74 Å². The minimum absolute atomic E-state index is 0.0111. The van der Waals surface area contributed by atoms with Crippen molar-refractivity contribution in [2.75, 3.05) is 13.2 Å². The number of esters is 1. The fourth-order valence-corrected chi connectivity index (χ4v) is 3.23. The number of benzene rings is 1. The van der Waals surface area contributed by atoms with Gasteiger partial charge in [-0.1, -0.05) is 6.07 Å². The second kappa shape index (κ2) is 7.94. The lowest BCUT2D eigenvalue weighted by Gasteiger charge is -2.24. The van der Waals surface area contributed by atoms with E-state index in [0.29, 0.717) is 6.54 Å². The Morgan fingerprint density at radius 1 is 1.30 bits per heavy atom. The van der Waals surface area contributed by atoms with E-state index in [1.165, 1.54) is 12.1 Å². The van der Waals surface area contributed by atoms with E-state index in [2.05, 4.69) is 4.98 Å². The number of ether oxygens (including phenoxy) is 1. The maximum absolute atomic E-state index is 13.1. The predicted molar refractivity (Wildman–Crippen MR) is 96.3 cm³/mol. The van der Waals surface area contributed by atoms with E-state index < -0.39 is 10.9 Å². The number of likely N-dealkylation sites (tertiary alicyclic amines) is 1. The third kappa shape index (κ3) is 3.94. The fraction of sp³-hybridized carbons (Fsp3) is 0.316. The highest BCUT2D eigenvalue weighted by atomic mass is 16.6. The zero-order chi connectivity index (χ0) is 19.4. The molecule has 0 radical (unpaired) electrons. The Hall–Kier alpha value is -3.29. The SMILES string of the molecule is CCOC(=O)c1cc(C(=O)N2CCC[C@H]2c2ccccn2)cc([N+](=O)[O-])c1. The monoisotopic (exact) mass is 369 g/mol. The number of nitro groups is 1. The van der Waals surface area contributed by atoms with E-state index in [0.717, 1.165) is 24.6 Å². The molecule has 1 aliphatic rings. The van der Waals surface area contributed by atoms with Gasteiger partial charge in [0.2, 0.25) is 0 Å². The van der Waals surface area contributed by atoms with Crippen LogP contribution in [0.25, 0.3) is 0 Å². The summed E-state index contributed by atoms with van der Waals surface area (Å²) in [4.78, 5) is 41.7. The van der Waals surface area contributed by atoms with Gasteiger partial charge in [-0.05, 0) is 38.0 Å². The Labute approximate surface area is 155 Å². The zero-order valence-electron chi connectivity index (χ0n) is 14.8. The maximum Gasteiger partial charge on any atom is 0.338 e. The van der Waals surface area contributed by atoms with Crippen LogP contribution in [-0.4, -0.2) is 39.8 Å². The van der Waals surface area contributed by atoms with Crippen LogP contribution in [0.2, 0.25) is 0 Å². The minimum Gasteiger partial charge on any atom is -0.462 e. The molecule has 2 aromatic rings. The third-order valence-corrected chi connectivity index (χ3v) is 4.43. The molecule has 140 valence electrons. The van der Waals surface area contributed by atoms with Gasteiger partial charge in [0, 0.05) is 30.4 Å². The summed E-state index contributed by atoms with van der Waals surface area (Å²) in [7, 11) is 0. The van der Waals surface area contributed by atoms with Crippen LogP contribution in [0.1, 0.15) is 52.2 Å². The topological polar surface area (TPSA) is 103 Å². The molecule has 8 nitrogen and oxygen atoms in total. The van der Waals surface area contributed by atoms with Gasteiger partial charge in [-0.15, -0.1) is 0 Å². The average Bonchev–Trinajstić information content (AvgIpc) is 3.17. The molecule has 0 spiro atoms. The molecular formula is C19H19N3O5. The smallest absolute Gasteiger partial charge is 0.338 e. The Kier molecular flexibility index (Phi) is 5.44. The molecule has 0 unspecified atom stereocenters. The summed E-state index contributed by atoms with van der Waals surface area (Å²) in [6, 6.07) is 8.98. The minimum atomic E-state index is -0.696. The highest BCUT2D eigenvalue weighted by Gasteiger charge is 2.32.